The largest absolute Gasteiger partial charge is 0.482 e. The number of carbonyl (C=O) groups is 1. The molecule has 1 unspecified atom stereocenters. The van der Waals surface area contributed by atoms with E-state index in [1.54, 1.807) is 30.6 Å². The minimum atomic E-state index is -0.0460. The van der Waals surface area contributed by atoms with Gasteiger partial charge in [0.1, 0.15) is 5.75 Å². The highest BCUT2D eigenvalue weighted by molar-refractivity contribution is 6.35. The molecule has 6 heteroatoms. The van der Waals surface area contributed by atoms with Gasteiger partial charge in [0.25, 0.3) is 5.91 Å². The Bertz CT molecular complexity index is 694. The molecule has 0 bridgehead atoms. The molecule has 1 aromatic carbocycles. The van der Waals surface area contributed by atoms with Crippen LogP contribution in [-0.4, -0.2) is 28.9 Å². The maximum atomic E-state index is 12.5. The van der Waals surface area contributed by atoms with Crippen LogP contribution in [0.3, 0.4) is 0 Å². The normalized spacial score (nSPS) is 17.3. The van der Waals surface area contributed by atoms with Gasteiger partial charge >= 0.3 is 0 Å². The number of ether oxygens (including phenoxy) is 1. The van der Waals surface area contributed by atoms with Crippen molar-refractivity contribution in [3.63, 3.8) is 0 Å². The number of hydrogen-bond donors (Lipinski definition) is 0. The fourth-order valence-corrected chi connectivity index (χ4v) is 3.28. The fraction of sp³-hybridized carbons (Fsp3) is 0.294. The first-order valence-electron chi connectivity index (χ1n) is 7.42. The summed E-state index contributed by atoms with van der Waals surface area (Å²) in [5, 5.41) is 0.934. The number of carbonyl (C=O) groups excluding carboxylic acids is 1. The van der Waals surface area contributed by atoms with Gasteiger partial charge < -0.3 is 9.64 Å². The van der Waals surface area contributed by atoms with E-state index in [0.717, 1.165) is 24.9 Å². The van der Waals surface area contributed by atoms with Crippen LogP contribution < -0.4 is 4.74 Å². The molecule has 23 heavy (non-hydrogen) atoms. The first-order valence-corrected chi connectivity index (χ1v) is 8.18. The Hall–Kier alpha value is -1.78. The first kappa shape index (κ1) is 16.1. The molecule has 3 rings (SSSR count). The van der Waals surface area contributed by atoms with Gasteiger partial charge in [0.05, 0.1) is 11.1 Å². The van der Waals surface area contributed by atoms with Crippen molar-refractivity contribution in [2.24, 2.45) is 0 Å². The molecule has 1 saturated heterocycles. The molecule has 1 aromatic heterocycles. The van der Waals surface area contributed by atoms with E-state index >= 15 is 0 Å². The van der Waals surface area contributed by atoms with E-state index in [1.807, 2.05) is 17.0 Å². The number of nitrogens with zero attached hydrogens (tertiary/aromatic N) is 2. The number of pyridine rings is 1. The Balaban J connectivity index is 1.65. The Kier molecular flexibility index (Phi) is 5.03. The van der Waals surface area contributed by atoms with Crippen LogP contribution in [-0.2, 0) is 4.79 Å². The van der Waals surface area contributed by atoms with E-state index in [-0.39, 0.29) is 18.6 Å². The van der Waals surface area contributed by atoms with Crippen LogP contribution in [0, 0.1) is 0 Å². The number of amides is 1. The molecule has 0 spiro atoms. The van der Waals surface area contributed by atoms with E-state index in [4.69, 9.17) is 27.9 Å². The molecule has 1 aliphatic rings. The molecule has 4 nitrogen and oxygen atoms in total. The van der Waals surface area contributed by atoms with Gasteiger partial charge in [-0.05, 0) is 48.7 Å². The highest BCUT2D eigenvalue weighted by atomic mass is 35.5. The van der Waals surface area contributed by atoms with E-state index in [9.17, 15) is 4.79 Å². The van der Waals surface area contributed by atoms with Crippen LogP contribution in [0.4, 0.5) is 0 Å². The lowest BCUT2D eigenvalue weighted by Crippen LogP contribution is -2.34. The average Bonchev–Trinajstić information content (AvgIpc) is 3.04. The molecule has 2 heterocycles. The second kappa shape index (κ2) is 7.20. The van der Waals surface area contributed by atoms with Crippen LogP contribution >= 0.6 is 23.2 Å². The highest BCUT2D eigenvalue weighted by Gasteiger charge is 2.30. The number of hydrogen-bond acceptors (Lipinski definition) is 3. The second-order valence-corrected chi connectivity index (χ2v) is 6.23. The molecule has 1 atom stereocenters. The van der Waals surface area contributed by atoms with Crippen molar-refractivity contribution in [2.45, 2.75) is 18.9 Å². The summed E-state index contributed by atoms with van der Waals surface area (Å²) in [6.45, 7) is 0.701. The summed E-state index contributed by atoms with van der Waals surface area (Å²) in [5.41, 5.74) is 1.11. The molecular formula is C17H16Cl2N2O2. The van der Waals surface area contributed by atoms with Gasteiger partial charge in [-0.15, -0.1) is 0 Å². The Morgan fingerprint density at radius 2 is 2.04 bits per heavy atom. The third kappa shape index (κ3) is 3.77. The van der Waals surface area contributed by atoms with Crippen molar-refractivity contribution in [3.8, 4) is 5.75 Å². The lowest BCUT2D eigenvalue weighted by Gasteiger charge is -2.25. The van der Waals surface area contributed by atoms with Crippen LogP contribution in [0.1, 0.15) is 24.4 Å². The molecular weight excluding hydrogens is 335 g/mol. The molecule has 1 fully saturated rings. The fourth-order valence-electron chi connectivity index (χ4n) is 2.81. The maximum Gasteiger partial charge on any atom is 0.261 e. The number of likely N-dealkylation sites (tertiary alicyclic amines) is 1. The summed E-state index contributed by atoms with van der Waals surface area (Å²) in [6, 6.07) is 8.94. The summed E-state index contributed by atoms with van der Waals surface area (Å²) in [5.74, 6) is 0.416. The van der Waals surface area contributed by atoms with Gasteiger partial charge in [0, 0.05) is 24.0 Å². The average molecular weight is 351 g/mol. The van der Waals surface area contributed by atoms with Crippen molar-refractivity contribution < 1.29 is 9.53 Å². The number of aromatic nitrogens is 1. The number of rotatable bonds is 4. The van der Waals surface area contributed by atoms with Crippen molar-refractivity contribution in [1.82, 2.24) is 9.88 Å². The highest BCUT2D eigenvalue weighted by Crippen LogP contribution is 2.32. The third-order valence-electron chi connectivity index (χ3n) is 3.91. The molecule has 1 aliphatic heterocycles. The van der Waals surface area contributed by atoms with Gasteiger partial charge in [-0.3, -0.25) is 9.78 Å². The predicted molar refractivity (Wildman–Crippen MR) is 89.9 cm³/mol. The maximum absolute atomic E-state index is 12.5. The zero-order valence-electron chi connectivity index (χ0n) is 12.4. The molecule has 0 radical (unpaired) electrons. The summed E-state index contributed by atoms with van der Waals surface area (Å²) in [6.07, 6.45) is 5.44. The summed E-state index contributed by atoms with van der Waals surface area (Å²) in [4.78, 5) is 18.4. The van der Waals surface area contributed by atoms with E-state index in [2.05, 4.69) is 4.98 Å². The quantitative estimate of drug-likeness (QED) is 0.832. The van der Waals surface area contributed by atoms with Crippen molar-refractivity contribution in [2.75, 3.05) is 13.2 Å². The lowest BCUT2D eigenvalue weighted by atomic mass is 10.1. The van der Waals surface area contributed by atoms with Crippen molar-refractivity contribution in [3.05, 3.63) is 58.3 Å². The SMILES string of the molecule is O=C(COc1ccc(Cl)cc1Cl)N1CCCC1c1ccncc1. The topological polar surface area (TPSA) is 42.4 Å². The minimum absolute atomic E-state index is 0.0388. The standard InChI is InChI=1S/C17H16Cl2N2O2/c18-13-3-4-16(14(19)10-13)23-11-17(22)21-9-1-2-15(21)12-5-7-20-8-6-12/h3-8,10,15H,1-2,9,11H2. The molecule has 0 N–H and O–H groups in total. The first-order chi connectivity index (χ1) is 11.1. The van der Waals surface area contributed by atoms with E-state index in [1.165, 1.54) is 0 Å². The van der Waals surface area contributed by atoms with Crippen LogP contribution in [0.25, 0.3) is 0 Å². The smallest absolute Gasteiger partial charge is 0.261 e. The van der Waals surface area contributed by atoms with Crippen molar-refractivity contribution in [1.29, 1.82) is 0 Å². The van der Waals surface area contributed by atoms with Gasteiger partial charge in [0.15, 0.2) is 6.61 Å². The van der Waals surface area contributed by atoms with Gasteiger partial charge in [-0.25, -0.2) is 0 Å². The van der Waals surface area contributed by atoms with Crippen LogP contribution in [0.15, 0.2) is 42.7 Å². The van der Waals surface area contributed by atoms with Gasteiger partial charge in [-0.1, -0.05) is 23.2 Å². The minimum Gasteiger partial charge on any atom is -0.482 e. The second-order valence-electron chi connectivity index (χ2n) is 5.39. The number of halogens is 2. The lowest BCUT2D eigenvalue weighted by molar-refractivity contribution is -0.134. The van der Waals surface area contributed by atoms with Crippen LogP contribution in [0.5, 0.6) is 5.75 Å². The van der Waals surface area contributed by atoms with Gasteiger partial charge in [0.2, 0.25) is 0 Å². The molecule has 0 aliphatic carbocycles. The zero-order valence-corrected chi connectivity index (χ0v) is 13.9. The van der Waals surface area contributed by atoms with E-state index < -0.39 is 0 Å². The molecule has 0 saturated carbocycles. The molecule has 1 amide bonds. The zero-order chi connectivity index (χ0) is 16.2. The molecule has 2 aromatic rings. The van der Waals surface area contributed by atoms with E-state index in [0.29, 0.717) is 15.8 Å². The number of benzene rings is 1. The summed E-state index contributed by atoms with van der Waals surface area (Å²) >= 11 is 11.9. The van der Waals surface area contributed by atoms with Crippen molar-refractivity contribution >= 4 is 29.1 Å². The molecule has 120 valence electrons. The predicted octanol–water partition coefficient (Wildman–Crippen LogP) is 4.13. The van der Waals surface area contributed by atoms with Crippen LogP contribution in [0.2, 0.25) is 10.0 Å². The van der Waals surface area contributed by atoms with Gasteiger partial charge in [-0.2, -0.15) is 0 Å². The monoisotopic (exact) mass is 350 g/mol. The Morgan fingerprint density at radius 1 is 1.26 bits per heavy atom. The Labute approximate surface area is 145 Å². The third-order valence-corrected chi connectivity index (χ3v) is 4.44. The summed E-state index contributed by atoms with van der Waals surface area (Å²) in [7, 11) is 0. The Morgan fingerprint density at radius 3 is 2.78 bits per heavy atom. The summed E-state index contributed by atoms with van der Waals surface area (Å²) < 4.78 is 5.56.